The predicted molar refractivity (Wildman–Crippen MR) is 106 cm³/mol. The van der Waals surface area contributed by atoms with E-state index in [0.29, 0.717) is 30.2 Å². The average molecular weight is 374 g/mol. The highest BCUT2D eigenvalue weighted by Gasteiger charge is 2.19. The predicted octanol–water partition coefficient (Wildman–Crippen LogP) is 2.83. The van der Waals surface area contributed by atoms with Crippen molar-refractivity contribution < 1.29 is 4.79 Å². The lowest BCUT2D eigenvalue weighted by molar-refractivity contribution is 0.0948. The van der Waals surface area contributed by atoms with Gasteiger partial charge in [-0.25, -0.2) is 0 Å². The van der Waals surface area contributed by atoms with Gasteiger partial charge in [-0.05, 0) is 38.5 Å². The Hall–Kier alpha value is -3.48. The van der Waals surface area contributed by atoms with E-state index in [1.54, 1.807) is 0 Å². The molecule has 4 aromatic rings. The van der Waals surface area contributed by atoms with E-state index in [9.17, 15) is 4.79 Å². The highest BCUT2D eigenvalue weighted by Crippen LogP contribution is 2.15. The maximum atomic E-state index is 12.8. The minimum Gasteiger partial charge on any atom is -0.345 e. The van der Waals surface area contributed by atoms with E-state index in [1.807, 2.05) is 47.3 Å². The second-order valence-corrected chi connectivity index (χ2v) is 6.92. The summed E-state index contributed by atoms with van der Waals surface area (Å²) in [4.78, 5) is 12.8. The van der Waals surface area contributed by atoms with E-state index in [0.717, 1.165) is 16.9 Å². The van der Waals surface area contributed by atoms with Crippen LogP contribution in [0.3, 0.4) is 0 Å². The molecule has 0 bridgehead atoms. The van der Waals surface area contributed by atoms with Crippen molar-refractivity contribution in [3.63, 3.8) is 0 Å². The lowest BCUT2D eigenvalue weighted by atomic mass is 10.1. The zero-order chi connectivity index (χ0) is 19.7. The van der Waals surface area contributed by atoms with Gasteiger partial charge >= 0.3 is 0 Å². The Morgan fingerprint density at radius 1 is 1.04 bits per heavy atom. The number of hydrogen-bond donors (Lipinski definition) is 1. The van der Waals surface area contributed by atoms with Gasteiger partial charge in [0.25, 0.3) is 5.91 Å². The third kappa shape index (κ3) is 3.38. The Morgan fingerprint density at radius 2 is 1.82 bits per heavy atom. The Balaban J connectivity index is 1.51. The number of benzene rings is 1. The number of nitrogens with one attached hydrogen (secondary N) is 1. The summed E-state index contributed by atoms with van der Waals surface area (Å²) in [5, 5.41) is 15.8. The molecule has 0 aliphatic heterocycles. The fraction of sp³-hybridized carbons (Fsp3) is 0.238. The number of aryl methyl sites for hydroxylation is 2. The van der Waals surface area contributed by atoms with Crippen molar-refractivity contribution in [1.29, 1.82) is 0 Å². The van der Waals surface area contributed by atoms with Crippen molar-refractivity contribution in [2.45, 2.75) is 33.9 Å². The minimum absolute atomic E-state index is 0.155. The molecule has 142 valence electrons. The van der Waals surface area contributed by atoms with Gasteiger partial charge in [0.15, 0.2) is 11.5 Å². The number of hydrogen-bond acceptors (Lipinski definition) is 4. The maximum Gasteiger partial charge on any atom is 0.255 e. The van der Waals surface area contributed by atoms with Gasteiger partial charge in [-0.15, -0.1) is 10.2 Å². The Morgan fingerprint density at radius 3 is 2.61 bits per heavy atom. The lowest BCUT2D eigenvalue weighted by Crippen LogP contribution is -2.25. The van der Waals surface area contributed by atoms with E-state index in [1.165, 1.54) is 5.56 Å². The third-order valence-electron chi connectivity index (χ3n) is 4.85. The monoisotopic (exact) mass is 374 g/mol. The molecule has 1 N–H and O–H groups in total. The van der Waals surface area contributed by atoms with E-state index in [-0.39, 0.29) is 5.91 Å². The SMILES string of the molecule is Cc1ccc(Cn2nc(C)c(C(=O)NCc3nnc4ccccn34)c2C)cc1. The zero-order valence-electron chi connectivity index (χ0n) is 16.2. The van der Waals surface area contributed by atoms with Crippen LogP contribution in [-0.2, 0) is 13.1 Å². The van der Waals surface area contributed by atoms with Crippen LogP contribution < -0.4 is 5.32 Å². The van der Waals surface area contributed by atoms with Gasteiger partial charge in [0, 0.05) is 11.9 Å². The lowest BCUT2D eigenvalue weighted by Gasteiger charge is -2.07. The summed E-state index contributed by atoms with van der Waals surface area (Å²) < 4.78 is 3.74. The highest BCUT2D eigenvalue weighted by molar-refractivity contribution is 5.96. The number of carbonyl (C=O) groups excluding carboxylic acids is 1. The Kier molecular flexibility index (Phi) is 4.65. The molecule has 0 saturated carbocycles. The molecule has 28 heavy (non-hydrogen) atoms. The first kappa shape index (κ1) is 17.9. The third-order valence-corrected chi connectivity index (χ3v) is 4.85. The molecule has 4 rings (SSSR count). The molecule has 0 unspecified atom stereocenters. The molecule has 0 spiro atoms. The summed E-state index contributed by atoms with van der Waals surface area (Å²) in [5.41, 5.74) is 5.30. The van der Waals surface area contributed by atoms with Crippen LogP contribution in [0.4, 0.5) is 0 Å². The molecular weight excluding hydrogens is 352 g/mol. The summed E-state index contributed by atoms with van der Waals surface area (Å²) in [6.45, 7) is 6.78. The number of fused-ring (bicyclic) bond motifs is 1. The molecule has 1 amide bonds. The van der Waals surface area contributed by atoms with Crippen molar-refractivity contribution in [3.05, 3.63) is 82.6 Å². The molecule has 7 nitrogen and oxygen atoms in total. The van der Waals surface area contributed by atoms with Crippen LogP contribution in [0.1, 0.15) is 38.7 Å². The molecule has 3 aromatic heterocycles. The fourth-order valence-corrected chi connectivity index (χ4v) is 3.31. The second-order valence-electron chi connectivity index (χ2n) is 6.92. The molecule has 0 aliphatic carbocycles. The topological polar surface area (TPSA) is 77.1 Å². The Labute approximate surface area is 163 Å². The van der Waals surface area contributed by atoms with Crippen LogP contribution in [0.25, 0.3) is 5.65 Å². The van der Waals surface area contributed by atoms with Gasteiger partial charge in [-0.2, -0.15) is 5.10 Å². The quantitative estimate of drug-likeness (QED) is 0.583. The van der Waals surface area contributed by atoms with Gasteiger partial charge in [0.1, 0.15) is 0 Å². The first-order valence-electron chi connectivity index (χ1n) is 9.19. The van der Waals surface area contributed by atoms with Crippen molar-refractivity contribution in [1.82, 2.24) is 29.7 Å². The van der Waals surface area contributed by atoms with E-state index in [2.05, 4.69) is 51.8 Å². The number of nitrogens with zero attached hydrogens (tertiary/aromatic N) is 5. The van der Waals surface area contributed by atoms with Gasteiger partial charge in [0.05, 0.1) is 24.3 Å². The van der Waals surface area contributed by atoms with Crippen LogP contribution in [0, 0.1) is 20.8 Å². The number of pyridine rings is 1. The molecular formula is C21H22N6O. The molecule has 0 atom stereocenters. The van der Waals surface area contributed by atoms with E-state index in [4.69, 9.17) is 0 Å². The summed E-state index contributed by atoms with van der Waals surface area (Å²) in [7, 11) is 0. The van der Waals surface area contributed by atoms with Crippen LogP contribution in [-0.4, -0.2) is 30.3 Å². The van der Waals surface area contributed by atoms with Crippen molar-refractivity contribution in [2.24, 2.45) is 0 Å². The van der Waals surface area contributed by atoms with Crippen LogP contribution in [0.2, 0.25) is 0 Å². The molecule has 3 heterocycles. The van der Waals surface area contributed by atoms with E-state index >= 15 is 0 Å². The standard InChI is InChI=1S/C21H22N6O/c1-14-7-9-17(10-8-14)13-27-16(3)20(15(2)25-27)21(28)22-12-19-24-23-18-6-4-5-11-26(18)19/h4-11H,12-13H2,1-3H3,(H,22,28). The summed E-state index contributed by atoms with van der Waals surface area (Å²) in [5.74, 6) is 0.532. The van der Waals surface area contributed by atoms with Gasteiger partial charge in [-0.3, -0.25) is 13.9 Å². The van der Waals surface area contributed by atoms with Crippen molar-refractivity contribution >= 4 is 11.6 Å². The number of amides is 1. The van der Waals surface area contributed by atoms with Crippen molar-refractivity contribution in [3.8, 4) is 0 Å². The van der Waals surface area contributed by atoms with E-state index < -0.39 is 0 Å². The average Bonchev–Trinajstić information content (AvgIpc) is 3.22. The summed E-state index contributed by atoms with van der Waals surface area (Å²) >= 11 is 0. The number of rotatable bonds is 5. The van der Waals surface area contributed by atoms with Gasteiger partial charge in [0.2, 0.25) is 0 Å². The zero-order valence-corrected chi connectivity index (χ0v) is 16.2. The summed E-state index contributed by atoms with van der Waals surface area (Å²) in [6, 6.07) is 14.0. The molecule has 0 radical (unpaired) electrons. The molecule has 0 aliphatic rings. The second kappa shape index (κ2) is 7.26. The van der Waals surface area contributed by atoms with Crippen LogP contribution >= 0.6 is 0 Å². The molecule has 7 heteroatoms. The van der Waals surface area contributed by atoms with Gasteiger partial charge in [-0.1, -0.05) is 35.9 Å². The normalized spacial score (nSPS) is 11.1. The largest absolute Gasteiger partial charge is 0.345 e. The Bertz CT molecular complexity index is 1140. The maximum absolute atomic E-state index is 12.8. The van der Waals surface area contributed by atoms with Gasteiger partial charge < -0.3 is 5.32 Å². The molecule has 1 aromatic carbocycles. The smallest absolute Gasteiger partial charge is 0.255 e. The molecule has 0 saturated heterocycles. The van der Waals surface area contributed by atoms with Crippen molar-refractivity contribution in [2.75, 3.05) is 0 Å². The number of carbonyl (C=O) groups is 1. The highest BCUT2D eigenvalue weighted by atomic mass is 16.1. The fourth-order valence-electron chi connectivity index (χ4n) is 3.31. The summed E-state index contributed by atoms with van der Waals surface area (Å²) in [6.07, 6.45) is 1.88. The first-order valence-corrected chi connectivity index (χ1v) is 9.19. The van der Waals surface area contributed by atoms with Crippen LogP contribution in [0.15, 0.2) is 48.7 Å². The molecule has 0 fully saturated rings. The van der Waals surface area contributed by atoms with Crippen LogP contribution in [0.5, 0.6) is 0 Å². The number of aromatic nitrogens is 5. The first-order chi connectivity index (χ1) is 13.5. The minimum atomic E-state index is -0.155.